The highest BCUT2D eigenvalue weighted by atomic mass is 15.1. The number of aromatic nitrogens is 7. The molecular weight excluding hydrogens is 797 g/mol. The maximum atomic E-state index is 10.2. The third-order valence-corrected chi connectivity index (χ3v) is 11.9. The van der Waals surface area contributed by atoms with Crippen LogP contribution in [-0.4, -0.2) is 34.5 Å². The Labute approximate surface area is 379 Å². The first-order valence-electron chi connectivity index (χ1n) is 21.8. The molecule has 3 aromatic heterocycles. The molecule has 0 bridgehead atoms. The Hall–Kier alpha value is -8.15. The number of para-hydroxylation sites is 1. The van der Waals surface area contributed by atoms with Gasteiger partial charge < -0.3 is 4.57 Å². The number of hydrogen-bond acceptors (Lipinski definition) is 7. The molecule has 8 nitrogen and oxygen atoms in total. The minimum absolute atomic E-state index is 0.0113. The number of nitriles is 1. The van der Waals surface area contributed by atoms with Crippen LogP contribution in [0.5, 0.6) is 0 Å². The van der Waals surface area contributed by atoms with Crippen LogP contribution in [0, 0.1) is 11.3 Å². The molecule has 0 spiro atoms. The van der Waals surface area contributed by atoms with E-state index in [4.69, 9.17) is 29.9 Å². The maximum absolute atomic E-state index is 10.2. The summed E-state index contributed by atoms with van der Waals surface area (Å²) in [5.74, 6) is 3.34. The Morgan fingerprint density at radius 2 is 0.800 bits per heavy atom. The number of rotatable bonds is 7. The fourth-order valence-corrected chi connectivity index (χ4v) is 8.28. The summed E-state index contributed by atoms with van der Waals surface area (Å²) in [6.07, 6.45) is 0. The fraction of sp³-hybridized carbons (Fsp3) is 0.140. The van der Waals surface area contributed by atoms with E-state index >= 15 is 0 Å². The minimum Gasteiger partial charge on any atom is -0.308 e. The van der Waals surface area contributed by atoms with Crippen LogP contribution in [-0.2, 0) is 10.8 Å². The Morgan fingerprint density at radius 3 is 1.29 bits per heavy atom. The lowest BCUT2D eigenvalue weighted by molar-refractivity contribution is 0.590. The van der Waals surface area contributed by atoms with E-state index in [2.05, 4.69) is 137 Å². The standard InChI is InChI=1S/C57H46N8/c1-56(2,3)42-27-22-39(23-28-42)52-60-53(40-24-29-43(30-25-40)57(4,5)6)62-54(61-52)41-26-32-48-45(34-41)44-19-13-14-20-47(44)65(48)49-31-21-36(35-58)33-46(49)55-63-50(37-15-9-7-10-16-37)59-51(64-55)38-17-11-8-12-18-38/h7-34H,1-6H3. The number of fused-ring (bicyclic) bond motifs is 3. The third kappa shape index (κ3) is 7.94. The molecule has 0 aliphatic heterocycles. The van der Waals surface area contributed by atoms with Crippen molar-refractivity contribution >= 4 is 21.8 Å². The van der Waals surface area contributed by atoms with Crippen LogP contribution >= 0.6 is 0 Å². The molecule has 7 aromatic carbocycles. The molecule has 0 saturated heterocycles. The van der Waals surface area contributed by atoms with Gasteiger partial charge in [-0.15, -0.1) is 0 Å². The van der Waals surface area contributed by atoms with E-state index < -0.39 is 0 Å². The monoisotopic (exact) mass is 842 g/mol. The molecule has 0 aliphatic rings. The molecular formula is C57H46N8. The highest BCUT2D eigenvalue weighted by molar-refractivity contribution is 6.10. The number of hydrogen-bond donors (Lipinski definition) is 0. The minimum atomic E-state index is 0.0113. The van der Waals surface area contributed by atoms with E-state index in [1.807, 2.05) is 84.9 Å². The maximum Gasteiger partial charge on any atom is 0.166 e. The van der Waals surface area contributed by atoms with Gasteiger partial charge in [0, 0.05) is 44.2 Å². The smallest absolute Gasteiger partial charge is 0.166 e. The Balaban J connectivity index is 1.16. The molecule has 10 rings (SSSR count). The summed E-state index contributed by atoms with van der Waals surface area (Å²) in [5.41, 5.74) is 10.9. The molecule has 0 amide bonds. The van der Waals surface area contributed by atoms with E-state index in [0.29, 0.717) is 46.1 Å². The van der Waals surface area contributed by atoms with Crippen molar-refractivity contribution in [3.8, 4) is 80.1 Å². The Kier molecular flexibility index (Phi) is 10.2. The van der Waals surface area contributed by atoms with E-state index in [1.165, 1.54) is 11.1 Å². The van der Waals surface area contributed by atoms with Crippen LogP contribution in [0.25, 0.3) is 95.8 Å². The molecule has 3 heterocycles. The zero-order chi connectivity index (χ0) is 44.9. The van der Waals surface area contributed by atoms with Gasteiger partial charge >= 0.3 is 0 Å². The lowest BCUT2D eigenvalue weighted by Crippen LogP contribution is -2.10. The van der Waals surface area contributed by atoms with Crippen molar-refractivity contribution in [3.05, 3.63) is 187 Å². The first kappa shape index (κ1) is 40.9. The highest BCUT2D eigenvalue weighted by Gasteiger charge is 2.22. The predicted molar refractivity (Wildman–Crippen MR) is 262 cm³/mol. The molecule has 0 unspecified atom stereocenters. The number of benzene rings is 7. The van der Waals surface area contributed by atoms with Crippen molar-refractivity contribution < 1.29 is 0 Å². The second-order valence-electron chi connectivity index (χ2n) is 18.4. The summed E-state index contributed by atoms with van der Waals surface area (Å²) >= 11 is 0. The first-order chi connectivity index (χ1) is 31.4. The molecule has 10 aromatic rings. The van der Waals surface area contributed by atoms with Crippen molar-refractivity contribution in [2.24, 2.45) is 0 Å². The molecule has 0 aliphatic carbocycles. The molecule has 314 valence electrons. The Morgan fingerprint density at radius 1 is 0.385 bits per heavy atom. The van der Waals surface area contributed by atoms with Crippen LogP contribution in [0.1, 0.15) is 58.2 Å². The van der Waals surface area contributed by atoms with E-state index in [1.54, 1.807) is 0 Å². The van der Waals surface area contributed by atoms with Crippen LogP contribution in [0.3, 0.4) is 0 Å². The summed E-state index contributed by atoms with van der Waals surface area (Å²) in [6, 6.07) is 59.7. The van der Waals surface area contributed by atoms with Crippen LogP contribution < -0.4 is 0 Å². The SMILES string of the molecule is CC(C)(C)c1ccc(-c2nc(-c3ccc(C(C)(C)C)cc3)nc(-c3ccc4c(c3)c3ccccc3n4-c3ccc(C#N)cc3-c3nc(-c4ccccc4)nc(-c4ccccc4)n3)n2)cc1. The Bertz CT molecular complexity index is 3290. The summed E-state index contributed by atoms with van der Waals surface area (Å²) in [4.78, 5) is 30.5. The third-order valence-electron chi connectivity index (χ3n) is 11.9. The average molecular weight is 843 g/mol. The lowest BCUT2D eigenvalue weighted by atomic mass is 9.86. The highest BCUT2D eigenvalue weighted by Crippen LogP contribution is 2.39. The zero-order valence-electron chi connectivity index (χ0n) is 37.2. The van der Waals surface area contributed by atoms with Gasteiger partial charge in [0.1, 0.15) is 0 Å². The van der Waals surface area contributed by atoms with Crippen LogP contribution in [0.4, 0.5) is 0 Å². The molecule has 8 heteroatoms. The zero-order valence-corrected chi connectivity index (χ0v) is 37.2. The summed E-state index contributed by atoms with van der Waals surface area (Å²) in [5, 5.41) is 12.3. The molecule has 0 fully saturated rings. The van der Waals surface area contributed by atoms with Crippen molar-refractivity contribution in [3.63, 3.8) is 0 Å². The van der Waals surface area contributed by atoms with Gasteiger partial charge in [0.2, 0.25) is 0 Å². The van der Waals surface area contributed by atoms with Gasteiger partial charge in [-0.25, -0.2) is 29.9 Å². The fourth-order valence-electron chi connectivity index (χ4n) is 8.28. The molecule has 0 radical (unpaired) electrons. The van der Waals surface area contributed by atoms with Crippen molar-refractivity contribution in [1.82, 2.24) is 34.5 Å². The van der Waals surface area contributed by atoms with Gasteiger partial charge in [0.05, 0.1) is 28.4 Å². The largest absolute Gasteiger partial charge is 0.308 e. The average Bonchev–Trinajstić information content (AvgIpc) is 3.67. The number of nitrogens with zero attached hydrogens (tertiary/aromatic N) is 8. The normalized spacial score (nSPS) is 11.8. The van der Waals surface area contributed by atoms with Crippen molar-refractivity contribution in [2.45, 2.75) is 52.4 Å². The van der Waals surface area contributed by atoms with E-state index in [-0.39, 0.29) is 10.8 Å². The predicted octanol–water partition coefficient (Wildman–Crippen LogP) is 13.6. The van der Waals surface area contributed by atoms with Gasteiger partial charge in [-0.3, -0.25) is 0 Å². The van der Waals surface area contributed by atoms with Gasteiger partial charge in [0.15, 0.2) is 34.9 Å². The lowest BCUT2D eigenvalue weighted by Gasteiger charge is -2.19. The van der Waals surface area contributed by atoms with Crippen molar-refractivity contribution in [2.75, 3.05) is 0 Å². The van der Waals surface area contributed by atoms with E-state index in [9.17, 15) is 5.26 Å². The second kappa shape index (κ2) is 16.2. The van der Waals surface area contributed by atoms with Gasteiger partial charge in [-0.1, -0.05) is 169 Å². The van der Waals surface area contributed by atoms with Crippen LogP contribution in [0.2, 0.25) is 0 Å². The summed E-state index contributed by atoms with van der Waals surface area (Å²) < 4.78 is 2.23. The van der Waals surface area contributed by atoms with E-state index in [0.717, 1.165) is 55.3 Å². The second-order valence-corrected chi connectivity index (χ2v) is 18.4. The van der Waals surface area contributed by atoms with Gasteiger partial charge in [-0.2, -0.15) is 5.26 Å². The van der Waals surface area contributed by atoms with Gasteiger partial charge in [0.25, 0.3) is 0 Å². The van der Waals surface area contributed by atoms with Crippen LogP contribution in [0.15, 0.2) is 170 Å². The van der Waals surface area contributed by atoms with Crippen molar-refractivity contribution in [1.29, 1.82) is 5.26 Å². The summed E-state index contributed by atoms with van der Waals surface area (Å²) in [7, 11) is 0. The summed E-state index contributed by atoms with van der Waals surface area (Å²) in [6.45, 7) is 13.3. The van der Waals surface area contributed by atoms with Gasteiger partial charge in [-0.05, 0) is 64.4 Å². The first-order valence-corrected chi connectivity index (χ1v) is 21.8. The quantitative estimate of drug-likeness (QED) is 0.157. The molecule has 0 N–H and O–H groups in total. The molecule has 0 atom stereocenters. The topological polar surface area (TPSA) is 106 Å². The molecule has 0 saturated carbocycles. The molecule has 65 heavy (non-hydrogen) atoms.